The molecule has 1 aromatic heterocycles. The number of rotatable bonds is 3. The molecule has 0 bridgehead atoms. The average Bonchev–Trinajstić information content (AvgIpc) is 2.79. The summed E-state index contributed by atoms with van der Waals surface area (Å²) in [5, 5.41) is 9.16. The quantitative estimate of drug-likeness (QED) is 0.805. The van der Waals surface area contributed by atoms with Crippen LogP contribution in [0.3, 0.4) is 0 Å². The Morgan fingerprint density at radius 3 is 2.94 bits per heavy atom. The first-order valence-corrected chi connectivity index (χ1v) is 4.95. The van der Waals surface area contributed by atoms with Crippen LogP contribution in [0.1, 0.15) is 21.7 Å². The van der Waals surface area contributed by atoms with Crippen LogP contribution in [-0.4, -0.2) is 21.1 Å². The van der Waals surface area contributed by atoms with Gasteiger partial charge >= 0.3 is 0 Å². The third-order valence-corrected chi connectivity index (χ3v) is 2.27. The summed E-state index contributed by atoms with van der Waals surface area (Å²) in [6.07, 6.45) is 1.41. The molecule has 0 aliphatic heterocycles. The van der Waals surface area contributed by atoms with Crippen LogP contribution in [0, 0.1) is 6.92 Å². The molecule has 2 aromatic rings. The van der Waals surface area contributed by atoms with E-state index in [2.05, 4.69) is 20.5 Å². The van der Waals surface area contributed by atoms with Crippen LogP contribution >= 0.6 is 0 Å². The number of aromatic nitrogens is 3. The summed E-state index contributed by atoms with van der Waals surface area (Å²) in [6, 6.07) is 7.45. The number of nitrogens with zero attached hydrogens (tertiary/aromatic N) is 2. The van der Waals surface area contributed by atoms with Crippen molar-refractivity contribution in [3.05, 3.63) is 47.5 Å². The van der Waals surface area contributed by atoms with E-state index in [0.717, 1.165) is 5.56 Å². The first-order chi connectivity index (χ1) is 7.77. The molecule has 0 unspecified atom stereocenters. The number of aryl methyl sites for hydroxylation is 1. The second-order valence-corrected chi connectivity index (χ2v) is 3.43. The fourth-order valence-corrected chi connectivity index (χ4v) is 1.40. The molecule has 5 heteroatoms. The van der Waals surface area contributed by atoms with Crippen LogP contribution < -0.4 is 5.32 Å². The van der Waals surface area contributed by atoms with Crippen LogP contribution in [0.15, 0.2) is 30.6 Å². The van der Waals surface area contributed by atoms with Gasteiger partial charge in [0.2, 0.25) is 0 Å². The molecule has 0 aliphatic carbocycles. The number of H-pyrrole nitrogens is 1. The third-order valence-electron chi connectivity index (χ3n) is 2.27. The fraction of sp³-hybridized carbons (Fsp3) is 0.182. The Morgan fingerprint density at radius 1 is 1.44 bits per heavy atom. The summed E-state index contributed by atoms with van der Waals surface area (Å²) in [4.78, 5) is 15.7. The van der Waals surface area contributed by atoms with Gasteiger partial charge in [0.05, 0.1) is 6.54 Å². The van der Waals surface area contributed by atoms with E-state index in [1.807, 2.05) is 25.1 Å². The van der Waals surface area contributed by atoms with E-state index < -0.39 is 0 Å². The van der Waals surface area contributed by atoms with E-state index in [-0.39, 0.29) is 5.91 Å². The van der Waals surface area contributed by atoms with Crippen molar-refractivity contribution in [2.45, 2.75) is 13.5 Å². The molecule has 0 saturated heterocycles. The first kappa shape index (κ1) is 10.4. The zero-order chi connectivity index (χ0) is 11.4. The maximum Gasteiger partial charge on any atom is 0.251 e. The summed E-state index contributed by atoms with van der Waals surface area (Å²) in [6.45, 7) is 2.26. The van der Waals surface area contributed by atoms with Crippen molar-refractivity contribution in [3.8, 4) is 0 Å². The van der Waals surface area contributed by atoms with Crippen molar-refractivity contribution in [2.75, 3.05) is 0 Å². The number of nitrogens with one attached hydrogen (secondary N) is 2. The van der Waals surface area contributed by atoms with Gasteiger partial charge in [0.25, 0.3) is 5.91 Å². The van der Waals surface area contributed by atoms with Gasteiger partial charge in [0.15, 0.2) is 0 Å². The Morgan fingerprint density at radius 2 is 2.25 bits per heavy atom. The standard InChI is InChI=1S/C11H12N4O/c1-8-4-2-3-5-9(8)11(16)12-6-10-13-7-14-15-10/h2-5,7H,6H2,1H3,(H,12,16)(H,13,14,15). The highest BCUT2D eigenvalue weighted by Crippen LogP contribution is 2.06. The van der Waals surface area contributed by atoms with Crippen LogP contribution in [0.25, 0.3) is 0 Å². The average molecular weight is 216 g/mol. The fourth-order valence-electron chi connectivity index (χ4n) is 1.40. The minimum atomic E-state index is -0.102. The Labute approximate surface area is 92.9 Å². The van der Waals surface area contributed by atoms with Gasteiger partial charge in [-0.2, -0.15) is 5.10 Å². The van der Waals surface area contributed by atoms with E-state index >= 15 is 0 Å². The monoisotopic (exact) mass is 216 g/mol. The predicted molar refractivity (Wildman–Crippen MR) is 58.7 cm³/mol. The zero-order valence-electron chi connectivity index (χ0n) is 8.90. The van der Waals surface area contributed by atoms with E-state index in [0.29, 0.717) is 17.9 Å². The van der Waals surface area contributed by atoms with Crippen molar-refractivity contribution in [1.29, 1.82) is 0 Å². The molecular formula is C11H12N4O. The highest BCUT2D eigenvalue weighted by Gasteiger charge is 2.07. The highest BCUT2D eigenvalue weighted by atomic mass is 16.1. The minimum Gasteiger partial charge on any atom is -0.345 e. The molecule has 0 saturated carbocycles. The Bertz CT molecular complexity index is 478. The topological polar surface area (TPSA) is 70.7 Å². The lowest BCUT2D eigenvalue weighted by molar-refractivity contribution is 0.0949. The SMILES string of the molecule is Cc1ccccc1C(=O)NCc1ncn[nH]1. The number of hydrogen-bond donors (Lipinski definition) is 2. The molecule has 0 fully saturated rings. The van der Waals surface area contributed by atoms with E-state index in [4.69, 9.17) is 0 Å². The van der Waals surface area contributed by atoms with Gasteiger partial charge in [-0.05, 0) is 18.6 Å². The van der Waals surface area contributed by atoms with Crippen molar-refractivity contribution in [3.63, 3.8) is 0 Å². The zero-order valence-corrected chi connectivity index (χ0v) is 8.90. The van der Waals surface area contributed by atoms with Gasteiger partial charge in [-0.15, -0.1) is 0 Å². The highest BCUT2D eigenvalue weighted by molar-refractivity contribution is 5.95. The number of hydrogen-bond acceptors (Lipinski definition) is 3. The van der Waals surface area contributed by atoms with Crippen molar-refractivity contribution in [2.24, 2.45) is 0 Å². The predicted octanol–water partition coefficient (Wildman–Crippen LogP) is 1.04. The third kappa shape index (κ3) is 2.25. The number of amides is 1. The largest absolute Gasteiger partial charge is 0.345 e. The maximum absolute atomic E-state index is 11.8. The summed E-state index contributed by atoms with van der Waals surface area (Å²) in [5.41, 5.74) is 1.64. The number of benzene rings is 1. The van der Waals surface area contributed by atoms with E-state index in [9.17, 15) is 4.79 Å². The molecule has 0 aliphatic rings. The van der Waals surface area contributed by atoms with Crippen molar-refractivity contribution < 1.29 is 4.79 Å². The first-order valence-electron chi connectivity index (χ1n) is 4.95. The summed E-state index contributed by atoms with van der Waals surface area (Å²) in [5.74, 6) is 0.538. The van der Waals surface area contributed by atoms with Crippen LogP contribution in [0.5, 0.6) is 0 Å². The Kier molecular flexibility index (Phi) is 2.95. The molecular weight excluding hydrogens is 204 g/mol. The molecule has 82 valence electrons. The second-order valence-electron chi connectivity index (χ2n) is 3.43. The van der Waals surface area contributed by atoms with Gasteiger partial charge < -0.3 is 5.32 Å². The molecule has 16 heavy (non-hydrogen) atoms. The van der Waals surface area contributed by atoms with Crippen molar-refractivity contribution in [1.82, 2.24) is 20.5 Å². The number of carbonyl (C=O) groups is 1. The van der Waals surface area contributed by atoms with Gasteiger partial charge in [0, 0.05) is 5.56 Å². The van der Waals surface area contributed by atoms with Crippen LogP contribution in [-0.2, 0) is 6.54 Å². The minimum absolute atomic E-state index is 0.102. The Balaban J connectivity index is 2.01. The van der Waals surface area contributed by atoms with Gasteiger partial charge in [-0.1, -0.05) is 18.2 Å². The molecule has 2 N–H and O–H groups in total. The molecule has 1 heterocycles. The van der Waals surface area contributed by atoms with Crippen LogP contribution in [0.4, 0.5) is 0 Å². The van der Waals surface area contributed by atoms with Gasteiger partial charge in [-0.3, -0.25) is 9.89 Å². The number of aromatic amines is 1. The lowest BCUT2D eigenvalue weighted by Gasteiger charge is -2.05. The smallest absolute Gasteiger partial charge is 0.251 e. The van der Waals surface area contributed by atoms with Gasteiger partial charge in [0.1, 0.15) is 12.2 Å². The molecule has 2 rings (SSSR count). The van der Waals surface area contributed by atoms with Crippen LogP contribution in [0.2, 0.25) is 0 Å². The Hall–Kier alpha value is -2.17. The summed E-state index contributed by atoms with van der Waals surface area (Å²) < 4.78 is 0. The summed E-state index contributed by atoms with van der Waals surface area (Å²) >= 11 is 0. The number of carbonyl (C=O) groups excluding carboxylic acids is 1. The van der Waals surface area contributed by atoms with E-state index in [1.54, 1.807) is 6.07 Å². The molecule has 5 nitrogen and oxygen atoms in total. The molecule has 0 radical (unpaired) electrons. The lowest BCUT2D eigenvalue weighted by atomic mass is 10.1. The normalized spacial score (nSPS) is 10.1. The molecule has 1 amide bonds. The van der Waals surface area contributed by atoms with E-state index in [1.165, 1.54) is 6.33 Å². The second kappa shape index (κ2) is 4.57. The van der Waals surface area contributed by atoms with Gasteiger partial charge in [-0.25, -0.2) is 4.98 Å². The molecule has 1 aromatic carbocycles. The molecule has 0 spiro atoms. The summed E-state index contributed by atoms with van der Waals surface area (Å²) in [7, 11) is 0. The maximum atomic E-state index is 11.8. The molecule has 0 atom stereocenters. The van der Waals surface area contributed by atoms with Crippen molar-refractivity contribution >= 4 is 5.91 Å². The lowest BCUT2D eigenvalue weighted by Crippen LogP contribution is -2.24.